The van der Waals surface area contributed by atoms with Crippen LogP contribution in [-0.2, 0) is 6.42 Å². The molecule has 2 heterocycles. The molecule has 0 aliphatic rings. The second kappa shape index (κ2) is 2.59. The Kier molecular flexibility index (Phi) is 1.57. The van der Waals surface area contributed by atoms with Crippen LogP contribution in [-0.4, -0.2) is 15.0 Å². The van der Waals surface area contributed by atoms with Gasteiger partial charge in [0.05, 0.1) is 17.2 Å². The zero-order valence-corrected chi connectivity index (χ0v) is 7.26. The lowest BCUT2D eigenvalue weighted by Gasteiger charge is -1.93. The van der Waals surface area contributed by atoms with E-state index in [1.165, 1.54) is 5.56 Å². The predicted molar refractivity (Wildman–Crippen MR) is 48.0 cm³/mol. The molecular formula is C9H11N3. The Balaban J connectivity index is 2.75. The molecule has 0 aliphatic heterocycles. The van der Waals surface area contributed by atoms with Crippen molar-refractivity contribution in [3.63, 3.8) is 0 Å². The molecule has 2 aromatic rings. The molecule has 12 heavy (non-hydrogen) atoms. The van der Waals surface area contributed by atoms with Crippen LogP contribution in [0.1, 0.15) is 18.3 Å². The first-order valence-corrected chi connectivity index (χ1v) is 4.11. The highest BCUT2D eigenvalue weighted by Crippen LogP contribution is 2.14. The van der Waals surface area contributed by atoms with Crippen LogP contribution in [0, 0.1) is 6.92 Å². The number of aromatic amines is 1. The van der Waals surface area contributed by atoms with Crippen LogP contribution < -0.4 is 0 Å². The van der Waals surface area contributed by atoms with Gasteiger partial charge in [0.2, 0.25) is 0 Å². The molecule has 0 radical (unpaired) electrons. The van der Waals surface area contributed by atoms with Crippen molar-refractivity contribution in [2.24, 2.45) is 0 Å². The Bertz CT molecular complexity index is 403. The fourth-order valence-corrected chi connectivity index (χ4v) is 1.32. The molecule has 0 atom stereocenters. The molecule has 0 fully saturated rings. The summed E-state index contributed by atoms with van der Waals surface area (Å²) >= 11 is 0. The van der Waals surface area contributed by atoms with E-state index in [0.29, 0.717) is 0 Å². The van der Waals surface area contributed by atoms with E-state index in [4.69, 9.17) is 0 Å². The highest BCUT2D eigenvalue weighted by molar-refractivity contribution is 5.77. The van der Waals surface area contributed by atoms with Crippen molar-refractivity contribution >= 4 is 11.0 Å². The minimum atomic E-state index is 0.830. The van der Waals surface area contributed by atoms with Gasteiger partial charge in [-0.1, -0.05) is 6.92 Å². The van der Waals surface area contributed by atoms with Crippen LogP contribution in [0.2, 0.25) is 0 Å². The first kappa shape index (κ1) is 7.28. The van der Waals surface area contributed by atoms with Gasteiger partial charge in [-0.25, -0.2) is 9.97 Å². The van der Waals surface area contributed by atoms with Crippen molar-refractivity contribution in [3.05, 3.63) is 23.8 Å². The summed E-state index contributed by atoms with van der Waals surface area (Å²) in [6, 6.07) is 0. The number of rotatable bonds is 1. The molecule has 2 rings (SSSR count). The number of nitrogens with one attached hydrogen (secondary N) is 1. The number of fused-ring (bicyclic) bond motifs is 1. The van der Waals surface area contributed by atoms with Crippen molar-refractivity contribution in [1.82, 2.24) is 15.0 Å². The predicted octanol–water partition coefficient (Wildman–Crippen LogP) is 1.83. The minimum absolute atomic E-state index is 0.830. The third kappa shape index (κ3) is 0.978. The van der Waals surface area contributed by atoms with Crippen LogP contribution in [0.15, 0.2) is 12.4 Å². The molecule has 0 aliphatic carbocycles. The summed E-state index contributed by atoms with van der Waals surface area (Å²) in [6.45, 7) is 4.03. The van der Waals surface area contributed by atoms with Gasteiger partial charge in [-0.3, -0.25) is 0 Å². The standard InChI is InChI=1S/C9H11N3/c1-3-7-4-11-8-5-10-6(2)12-9(7)8/h4-5,11H,3H2,1-2H3. The van der Waals surface area contributed by atoms with Crippen molar-refractivity contribution in [1.29, 1.82) is 0 Å². The number of aromatic nitrogens is 3. The van der Waals surface area contributed by atoms with Crippen molar-refractivity contribution in [2.45, 2.75) is 20.3 Å². The van der Waals surface area contributed by atoms with Crippen LogP contribution in [0.5, 0.6) is 0 Å². The summed E-state index contributed by atoms with van der Waals surface area (Å²) in [5.74, 6) is 0.830. The van der Waals surface area contributed by atoms with E-state index in [2.05, 4.69) is 21.9 Å². The molecule has 0 saturated carbocycles. The highest BCUT2D eigenvalue weighted by Gasteiger charge is 2.02. The second-order valence-electron chi connectivity index (χ2n) is 2.85. The summed E-state index contributed by atoms with van der Waals surface area (Å²) < 4.78 is 0. The lowest BCUT2D eigenvalue weighted by molar-refractivity contribution is 1.08. The molecule has 3 nitrogen and oxygen atoms in total. The van der Waals surface area contributed by atoms with E-state index in [9.17, 15) is 0 Å². The Morgan fingerprint density at radius 2 is 2.33 bits per heavy atom. The van der Waals surface area contributed by atoms with Crippen LogP contribution >= 0.6 is 0 Å². The number of aryl methyl sites for hydroxylation is 2. The van der Waals surface area contributed by atoms with Crippen molar-refractivity contribution in [2.75, 3.05) is 0 Å². The quantitative estimate of drug-likeness (QED) is 0.693. The average molecular weight is 161 g/mol. The first-order valence-electron chi connectivity index (χ1n) is 4.11. The van der Waals surface area contributed by atoms with Gasteiger partial charge in [-0.15, -0.1) is 0 Å². The molecular weight excluding hydrogens is 150 g/mol. The molecule has 0 spiro atoms. The third-order valence-electron chi connectivity index (χ3n) is 2.00. The van der Waals surface area contributed by atoms with Crippen molar-refractivity contribution < 1.29 is 0 Å². The van der Waals surface area contributed by atoms with Gasteiger partial charge >= 0.3 is 0 Å². The van der Waals surface area contributed by atoms with Crippen LogP contribution in [0.25, 0.3) is 11.0 Å². The van der Waals surface area contributed by atoms with Gasteiger partial charge in [0.25, 0.3) is 0 Å². The van der Waals surface area contributed by atoms with Crippen LogP contribution in [0.4, 0.5) is 0 Å². The van der Waals surface area contributed by atoms with E-state index in [1.807, 2.05) is 19.3 Å². The maximum absolute atomic E-state index is 4.36. The molecule has 62 valence electrons. The van der Waals surface area contributed by atoms with E-state index in [0.717, 1.165) is 23.3 Å². The lowest BCUT2D eigenvalue weighted by atomic mass is 10.2. The van der Waals surface area contributed by atoms with Gasteiger partial charge in [0.1, 0.15) is 5.82 Å². The Morgan fingerprint density at radius 3 is 3.08 bits per heavy atom. The zero-order valence-electron chi connectivity index (χ0n) is 7.26. The van der Waals surface area contributed by atoms with Crippen LogP contribution in [0.3, 0.4) is 0 Å². The van der Waals surface area contributed by atoms with E-state index < -0.39 is 0 Å². The molecule has 1 N–H and O–H groups in total. The van der Waals surface area contributed by atoms with Gasteiger partial charge in [0, 0.05) is 6.20 Å². The number of H-pyrrole nitrogens is 1. The smallest absolute Gasteiger partial charge is 0.126 e. The summed E-state index contributed by atoms with van der Waals surface area (Å²) in [6.07, 6.45) is 4.84. The first-order chi connectivity index (χ1) is 5.81. The molecule has 2 aromatic heterocycles. The summed E-state index contributed by atoms with van der Waals surface area (Å²) in [5, 5.41) is 0. The highest BCUT2D eigenvalue weighted by atomic mass is 14.9. The van der Waals surface area contributed by atoms with Crippen molar-refractivity contribution in [3.8, 4) is 0 Å². The normalized spacial score (nSPS) is 10.8. The average Bonchev–Trinajstić information content (AvgIpc) is 2.46. The maximum atomic E-state index is 4.36. The zero-order chi connectivity index (χ0) is 8.55. The van der Waals surface area contributed by atoms with Gasteiger partial charge in [-0.05, 0) is 18.9 Å². The molecule has 3 heteroatoms. The topological polar surface area (TPSA) is 41.6 Å². The number of hydrogen-bond donors (Lipinski definition) is 1. The van der Waals surface area contributed by atoms with E-state index >= 15 is 0 Å². The largest absolute Gasteiger partial charge is 0.358 e. The molecule has 0 aromatic carbocycles. The van der Waals surface area contributed by atoms with E-state index in [-0.39, 0.29) is 0 Å². The summed E-state index contributed by atoms with van der Waals surface area (Å²) in [7, 11) is 0. The molecule has 0 unspecified atom stereocenters. The Hall–Kier alpha value is -1.38. The third-order valence-corrected chi connectivity index (χ3v) is 2.00. The molecule has 0 bridgehead atoms. The second-order valence-corrected chi connectivity index (χ2v) is 2.85. The SMILES string of the molecule is CCc1c[nH]c2cnc(C)nc12. The summed E-state index contributed by atoms with van der Waals surface area (Å²) in [5.41, 5.74) is 3.35. The Labute approximate surface area is 70.9 Å². The molecule has 0 amide bonds. The van der Waals surface area contributed by atoms with Gasteiger partial charge in [-0.2, -0.15) is 0 Å². The fourth-order valence-electron chi connectivity index (χ4n) is 1.32. The molecule has 0 saturated heterocycles. The lowest BCUT2D eigenvalue weighted by Crippen LogP contribution is -1.87. The van der Waals surface area contributed by atoms with Gasteiger partial charge in [0.15, 0.2) is 0 Å². The fraction of sp³-hybridized carbons (Fsp3) is 0.333. The summed E-state index contributed by atoms with van der Waals surface area (Å²) in [4.78, 5) is 11.6. The Morgan fingerprint density at radius 1 is 1.50 bits per heavy atom. The van der Waals surface area contributed by atoms with E-state index in [1.54, 1.807) is 0 Å². The maximum Gasteiger partial charge on any atom is 0.126 e. The number of hydrogen-bond acceptors (Lipinski definition) is 2. The van der Waals surface area contributed by atoms with Gasteiger partial charge < -0.3 is 4.98 Å². The minimum Gasteiger partial charge on any atom is -0.358 e. The number of nitrogens with zero attached hydrogens (tertiary/aromatic N) is 2. The monoisotopic (exact) mass is 161 g/mol.